The van der Waals surface area contributed by atoms with Gasteiger partial charge in [-0.25, -0.2) is 4.90 Å². The first kappa shape index (κ1) is 25.6. The van der Waals surface area contributed by atoms with Gasteiger partial charge in [-0.05, 0) is 48.4 Å². The van der Waals surface area contributed by atoms with Crippen LogP contribution in [0.25, 0.3) is 0 Å². The number of rotatable bonds is 13. The Hall–Kier alpha value is -3.06. The van der Waals surface area contributed by atoms with Crippen LogP contribution < -0.4 is 24.0 Å². The van der Waals surface area contributed by atoms with Crippen molar-refractivity contribution < 1.29 is 28.7 Å². The van der Waals surface area contributed by atoms with E-state index in [9.17, 15) is 9.59 Å². The van der Waals surface area contributed by atoms with Crippen LogP contribution in [0.5, 0.6) is 17.2 Å². The molecule has 1 N–H and O–H groups in total. The smallest absolute Gasteiger partial charge is 0.292 e. The van der Waals surface area contributed by atoms with Crippen molar-refractivity contribution in [1.82, 2.24) is 0 Å². The third-order valence-electron chi connectivity index (χ3n) is 6.36. The zero-order chi connectivity index (χ0) is 24.5. The summed E-state index contributed by atoms with van der Waals surface area (Å²) in [4.78, 5) is 28.2. The highest BCUT2D eigenvalue weighted by molar-refractivity contribution is 6.21. The Bertz CT molecular complexity index is 960. The van der Waals surface area contributed by atoms with Crippen LogP contribution in [0.4, 0.5) is 5.69 Å². The molecule has 1 heterocycles. The second kappa shape index (κ2) is 12.4. The summed E-state index contributed by atoms with van der Waals surface area (Å²) in [7, 11) is 5.19. The van der Waals surface area contributed by atoms with Crippen LogP contribution in [0, 0.1) is 0 Å². The number of imide groups is 1. The molecule has 184 valence electrons. The van der Waals surface area contributed by atoms with Crippen LogP contribution >= 0.6 is 0 Å². The Labute approximate surface area is 202 Å². The number of ether oxygens (including phenoxy) is 3. The standard InChI is InChI=1S/C27H36N2O5/c1-5-6-7-8-17-34-22-12-10-21(11-13-22)29-26(30)19-23(27(29)31)28(2)16-15-20-9-14-24(32-3)25(18-20)33-4/h9-14,18,23H,5-8,15-17,19H2,1-4H3/p+1/t23-/m1/s1. The Morgan fingerprint density at radius 1 is 0.971 bits per heavy atom. The van der Waals surface area contributed by atoms with Crippen molar-refractivity contribution in [3.05, 3.63) is 48.0 Å². The third kappa shape index (κ3) is 6.29. The molecule has 3 rings (SSSR count). The lowest BCUT2D eigenvalue weighted by atomic mass is 10.1. The van der Waals surface area contributed by atoms with Crippen molar-refractivity contribution in [2.75, 3.05) is 39.3 Å². The molecule has 0 saturated carbocycles. The summed E-state index contributed by atoms with van der Waals surface area (Å²) in [6, 6.07) is 12.7. The summed E-state index contributed by atoms with van der Waals surface area (Å²) in [6.45, 7) is 3.58. The third-order valence-corrected chi connectivity index (χ3v) is 6.36. The minimum absolute atomic E-state index is 0.150. The second-order valence-corrected chi connectivity index (χ2v) is 8.76. The van der Waals surface area contributed by atoms with E-state index < -0.39 is 0 Å². The molecule has 2 aromatic carbocycles. The lowest BCUT2D eigenvalue weighted by Crippen LogP contribution is -3.14. The number of methoxy groups -OCH3 is 2. The number of hydrogen-bond acceptors (Lipinski definition) is 5. The molecule has 1 fully saturated rings. The fourth-order valence-electron chi connectivity index (χ4n) is 4.25. The zero-order valence-corrected chi connectivity index (χ0v) is 20.8. The first-order valence-electron chi connectivity index (χ1n) is 12.1. The predicted octanol–water partition coefficient (Wildman–Crippen LogP) is 3.05. The predicted molar refractivity (Wildman–Crippen MR) is 132 cm³/mol. The zero-order valence-electron chi connectivity index (χ0n) is 20.8. The number of amides is 2. The van der Waals surface area contributed by atoms with E-state index in [1.54, 1.807) is 26.4 Å². The Morgan fingerprint density at radius 2 is 1.71 bits per heavy atom. The van der Waals surface area contributed by atoms with Crippen LogP contribution in [-0.2, 0) is 16.0 Å². The van der Waals surface area contributed by atoms with E-state index >= 15 is 0 Å². The fraction of sp³-hybridized carbons (Fsp3) is 0.481. The number of hydrogen-bond donors (Lipinski definition) is 1. The molecule has 34 heavy (non-hydrogen) atoms. The van der Waals surface area contributed by atoms with E-state index in [1.807, 2.05) is 37.4 Å². The molecule has 0 bridgehead atoms. The van der Waals surface area contributed by atoms with Gasteiger partial charge in [-0.15, -0.1) is 0 Å². The molecule has 1 unspecified atom stereocenters. The molecule has 2 amide bonds. The number of unbranched alkanes of at least 4 members (excludes halogenated alkanes) is 3. The quantitative estimate of drug-likeness (QED) is 0.361. The molecule has 1 saturated heterocycles. The largest absolute Gasteiger partial charge is 0.494 e. The molecule has 2 aromatic rings. The highest BCUT2D eigenvalue weighted by atomic mass is 16.5. The number of nitrogens with one attached hydrogen (secondary N) is 1. The summed E-state index contributed by atoms with van der Waals surface area (Å²) in [5.74, 6) is 1.82. The van der Waals surface area contributed by atoms with Gasteiger partial charge in [0, 0.05) is 6.42 Å². The van der Waals surface area contributed by atoms with Crippen LogP contribution in [0.2, 0.25) is 0 Å². The molecular formula is C27H37N2O5+. The van der Waals surface area contributed by atoms with E-state index in [2.05, 4.69) is 6.92 Å². The van der Waals surface area contributed by atoms with Gasteiger partial charge in [0.25, 0.3) is 5.91 Å². The molecule has 0 aliphatic carbocycles. The molecule has 7 heteroatoms. The molecule has 1 aliphatic rings. The highest BCUT2D eigenvalue weighted by Crippen LogP contribution is 2.28. The van der Waals surface area contributed by atoms with Crippen LogP contribution in [0.15, 0.2) is 42.5 Å². The van der Waals surface area contributed by atoms with Gasteiger partial charge in [0.1, 0.15) is 5.75 Å². The van der Waals surface area contributed by atoms with Crippen molar-refractivity contribution in [1.29, 1.82) is 0 Å². The number of likely N-dealkylation sites (N-methyl/N-ethyl adjacent to an activating group) is 1. The van der Waals surface area contributed by atoms with E-state index in [4.69, 9.17) is 14.2 Å². The average Bonchev–Trinajstić information content (AvgIpc) is 3.16. The molecule has 0 spiro atoms. The highest BCUT2D eigenvalue weighted by Gasteiger charge is 2.44. The first-order valence-corrected chi connectivity index (χ1v) is 12.1. The number of quaternary nitrogens is 1. The van der Waals surface area contributed by atoms with Gasteiger partial charge in [-0.1, -0.05) is 32.3 Å². The van der Waals surface area contributed by atoms with Gasteiger partial charge in [0.2, 0.25) is 5.91 Å². The average molecular weight is 470 g/mol. The molecule has 0 radical (unpaired) electrons. The van der Waals surface area contributed by atoms with Crippen molar-refractivity contribution in [3.63, 3.8) is 0 Å². The van der Waals surface area contributed by atoms with E-state index in [1.165, 1.54) is 17.7 Å². The van der Waals surface area contributed by atoms with E-state index in [-0.39, 0.29) is 24.3 Å². The Kier molecular flexibility index (Phi) is 9.33. The van der Waals surface area contributed by atoms with Crippen molar-refractivity contribution >= 4 is 17.5 Å². The molecular weight excluding hydrogens is 432 g/mol. The monoisotopic (exact) mass is 469 g/mol. The van der Waals surface area contributed by atoms with Crippen LogP contribution in [0.1, 0.15) is 44.6 Å². The summed E-state index contributed by atoms with van der Waals surface area (Å²) in [5.41, 5.74) is 1.69. The summed E-state index contributed by atoms with van der Waals surface area (Å²) in [5, 5.41) is 0. The molecule has 0 aromatic heterocycles. The minimum atomic E-state index is -0.387. The van der Waals surface area contributed by atoms with E-state index in [0.29, 0.717) is 23.8 Å². The minimum Gasteiger partial charge on any atom is -0.494 e. The van der Waals surface area contributed by atoms with Gasteiger partial charge in [-0.2, -0.15) is 0 Å². The second-order valence-electron chi connectivity index (χ2n) is 8.76. The number of carbonyl (C=O) groups excluding carboxylic acids is 2. The number of carbonyl (C=O) groups is 2. The lowest BCUT2D eigenvalue weighted by Gasteiger charge is -2.20. The summed E-state index contributed by atoms with van der Waals surface area (Å²) in [6.07, 6.45) is 5.57. The maximum absolute atomic E-state index is 13.1. The topological polar surface area (TPSA) is 69.5 Å². The summed E-state index contributed by atoms with van der Waals surface area (Å²) >= 11 is 0. The SMILES string of the molecule is CCCCCCOc1ccc(N2C(=O)C[C@@H]([NH+](C)CCc3ccc(OC)c(OC)c3)C2=O)cc1. The normalized spacial score (nSPS) is 16.6. The Morgan fingerprint density at radius 3 is 2.38 bits per heavy atom. The first-order chi connectivity index (χ1) is 16.5. The summed E-state index contributed by atoms with van der Waals surface area (Å²) < 4.78 is 16.4. The lowest BCUT2D eigenvalue weighted by molar-refractivity contribution is -0.894. The fourth-order valence-corrected chi connectivity index (χ4v) is 4.25. The number of benzene rings is 2. The van der Waals surface area contributed by atoms with E-state index in [0.717, 1.165) is 42.0 Å². The molecule has 1 aliphatic heterocycles. The van der Waals surface area contributed by atoms with Gasteiger partial charge in [0.05, 0.1) is 46.5 Å². The maximum Gasteiger partial charge on any atom is 0.292 e. The Balaban J connectivity index is 1.56. The van der Waals surface area contributed by atoms with Crippen LogP contribution in [-0.4, -0.2) is 52.3 Å². The van der Waals surface area contributed by atoms with Gasteiger partial charge < -0.3 is 19.1 Å². The van der Waals surface area contributed by atoms with Gasteiger partial charge >= 0.3 is 0 Å². The number of anilines is 1. The maximum atomic E-state index is 13.1. The van der Waals surface area contributed by atoms with Crippen molar-refractivity contribution in [2.24, 2.45) is 0 Å². The van der Waals surface area contributed by atoms with Gasteiger partial charge in [0.15, 0.2) is 17.5 Å². The molecule has 7 nitrogen and oxygen atoms in total. The van der Waals surface area contributed by atoms with Crippen molar-refractivity contribution in [3.8, 4) is 17.2 Å². The number of nitrogens with zero attached hydrogens (tertiary/aromatic N) is 1. The molecule has 2 atom stereocenters. The van der Waals surface area contributed by atoms with Crippen molar-refractivity contribution in [2.45, 2.75) is 51.5 Å². The van der Waals surface area contributed by atoms with Crippen LogP contribution in [0.3, 0.4) is 0 Å². The van der Waals surface area contributed by atoms with Gasteiger partial charge in [-0.3, -0.25) is 9.59 Å².